The van der Waals surface area contributed by atoms with Crippen molar-refractivity contribution < 1.29 is 17.9 Å². The fourth-order valence-corrected chi connectivity index (χ4v) is 3.01. The first-order valence-electron chi connectivity index (χ1n) is 7.18. The normalized spacial score (nSPS) is 17.2. The van der Waals surface area contributed by atoms with Crippen LogP contribution < -0.4 is 15.3 Å². The zero-order valence-electron chi connectivity index (χ0n) is 12.9. The van der Waals surface area contributed by atoms with Gasteiger partial charge in [0.15, 0.2) is 0 Å². The molecule has 2 rings (SSSR count). The molecule has 0 saturated heterocycles. The Bertz CT molecular complexity index is 684. The Morgan fingerprint density at radius 2 is 2.05 bits per heavy atom. The van der Waals surface area contributed by atoms with E-state index in [2.05, 4.69) is 5.43 Å². The molecule has 1 unspecified atom stereocenters. The minimum Gasteiger partial charge on any atom is -0.489 e. The van der Waals surface area contributed by atoms with Gasteiger partial charge in [-0.3, -0.25) is 10.2 Å². The van der Waals surface area contributed by atoms with Crippen LogP contribution >= 0.6 is 0 Å². The van der Waals surface area contributed by atoms with Crippen molar-refractivity contribution in [1.29, 1.82) is 0 Å². The van der Waals surface area contributed by atoms with Crippen LogP contribution in [0.2, 0.25) is 0 Å². The van der Waals surface area contributed by atoms with Crippen molar-refractivity contribution in [3.05, 3.63) is 23.3 Å². The molecule has 0 spiro atoms. The van der Waals surface area contributed by atoms with Crippen molar-refractivity contribution in [3.63, 3.8) is 0 Å². The third-order valence-electron chi connectivity index (χ3n) is 3.56. The maximum absolute atomic E-state index is 12.5. The van der Waals surface area contributed by atoms with Crippen LogP contribution in [0.1, 0.15) is 36.7 Å². The molecule has 1 heterocycles. The van der Waals surface area contributed by atoms with E-state index in [1.165, 1.54) is 12.1 Å². The number of nitrogens with two attached hydrogens (primary N) is 1. The van der Waals surface area contributed by atoms with Gasteiger partial charge in [-0.1, -0.05) is 13.8 Å². The number of rotatable bonds is 5. The lowest BCUT2D eigenvalue weighted by molar-refractivity contribution is 0.0801. The van der Waals surface area contributed by atoms with Crippen molar-refractivity contribution in [1.82, 2.24) is 10.4 Å². The van der Waals surface area contributed by atoms with E-state index in [1.54, 1.807) is 5.01 Å². The molecule has 0 radical (unpaired) electrons. The topological polar surface area (TPSA) is 102 Å². The first-order valence-corrected chi connectivity index (χ1v) is 8.73. The molecule has 0 fully saturated rings. The highest BCUT2D eigenvalue weighted by Crippen LogP contribution is 2.34. The second-order valence-corrected chi connectivity index (χ2v) is 6.81. The summed E-state index contributed by atoms with van der Waals surface area (Å²) in [7, 11) is -3.89. The number of carbonyl (C=O) groups is 1. The Kier molecular flexibility index (Phi) is 4.74. The highest BCUT2D eigenvalue weighted by atomic mass is 32.2. The average molecular weight is 327 g/mol. The van der Waals surface area contributed by atoms with Crippen LogP contribution in [0, 0.1) is 0 Å². The van der Waals surface area contributed by atoms with E-state index in [1.807, 2.05) is 20.8 Å². The molecule has 1 aromatic carbocycles. The number of nitrogens with zero attached hydrogens (tertiary/aromatic N) is 1. The molecule has 0 bridgehead atoms. The number of hydrogen-bond donors (Lipinski definition) is 2. The zero-order valence-corrected chi connectivity index (χ0v) is 13.7. The Balaban J connectivity index is 2.46. The number of amides is 1. The summed E-state index contributed by atoms with van der Waals surface area (Å²) in [6.45, 7) is 6.96. The summed E-state index contributed by atoms with van der Waals surface area (Å²) in [6.07, 6.45) is 0.440. The van der Waals surface area contributed by atoms with Gasteiger partial charge in [0.2, 0.25) is 10.0 Å². The minimum absolute atomic E-state index is 0.0753. The van der Waals surface area contributed by atoms with Crippen LogP contribution in [0.5, 0.6) is 5.75 Å². The number of primary sulfonamides is 1. The minimum atomic E-state index is -3.89. The maximum atomic E-state index is 12.5. The molecular formula is C14H21N3O4S. The van der Waals surface area contributed by atoms with Gasteiger partial charge in [0.25, 0.3) is 5.91 Å². The van der Waals surface area contributed by atoms with Gasteiger partial charge in [0.1, 0.15) is 11.9 Å². The number of hydrazine groups is 1. The molecule has 1 aliphatic heterocycles. The number of fused-ring (bicyclic) bond motifs is 1. The Labute approximate surface area is 130 Å². The van der Waals surface area contributed by atoms with Crippen LogP contribution in [0.15, 0.2) is 17.0 Å². The predicted molar refractivity (Wildman–Crippen MR) is 82.0 cm³/mol. The summed E-state index contributed by atoms with van der Waals surface area (Å²) in [5.41, 5.74) is 3.61. The molecule has 1 aromatic rings. The predicted octanol–water partition coefficient (Wildman–Crippen LogP) is 0.644. The molecule has 1 amide bonds. The molecule has 3 N–H and O–H groups in total. The Morgan fingerprint density at radius 3 is 2.59 bits per heavy atom. The van der Waals surface area contributed by atoms with Crippen molar-refractivity contribution in [3.8, 4) is 5.75 Å². The largest absolute Gasteiger partial charge is 0.489 e. The summed E-state index contributed by atoms with van der Waals surface area (Å²) < 4.78 is 28.9. The van der Waals surface area contributed by atoms with Crippen LogP contribution in [-0.2, 0) is 16.4 Å². The SMILES string of the molecule is CCN(CC)NC(=O)c1cc(S(N)(=O)=O)cc2c1OC(C)C2. The van der Waals surface area contributed by atoms with Gasteiger partial charge in [-0.2, -0.15) is 0 Å². The molecule has 7 nitrogen and oxygen atoms in total. The number of nitrogens with one attached hydrogen (secondary N) is 1. The second kappa shape index (κ2) is 6.23. The van der Waals surface area contributed by atoms with Crippen LogP contribution in [0.3, 0.4) is 0 Å². The van der Waals surface area contributed by atoms with Crippen molar-refractivity contribution >= 4 is 15.9 Å². The third kappa shape index (κ3) is 3.40. The van der Waals surface area contributed by atoms with Crippen LogP contribution in [-0.4, -0.2) is 38.5 Å². The van der Waals surface area contributed by atoms with Crippen molar-refractivity contribution in [2.45, 2.75) is 38.2 Å². The summed E-state index contributed by atoms with van der Waals surface area (Å²) in [4.78, 5) is 12.4. The van der Waals surface area contributed by atoms with Gasteiger partial charge in [0, 0.05) is 19.5 Å². The molecule has 122 valence electrons. The summed E-state index contributed by atoms with van der Waals surface area (Å²) in [6, 6.07) is 2.74. The maximum Gasteiger partial charge on any atom is 0.269 e. The van der Waals surface area contributed by atoms with Gasteiger partial charge >= 0.3 is 0 Å². The average Bonchev–Trinajstić information content (AvgIpc) is 2.82. The molecule has 22 heavy (non-hydrogen) atoms. The number of benzene rings is 1. The van der Waals surface area contributed by atoms with E-state index in [0.717, 1.165) is 0 Å². The second-order valence-electron chi connectivity index (χ2n) is 5.25. The van der Waals surface area contributed by atoms with E-state index in [-0.39, 0.29) is 16.6 Å². The number of carbonyl (C=O) groups excluding carboxylic acids is 1. The van der Waals surface area contributed by atoms with E-state index >= 15 is 0 Å². The lowest BCUT2D eigenvalue weighted by Crippen LogP contribution is -2.42. The van der Waals surface area contributed by atoms with Crippen molar-refractivity contribution in [2.75, 3.05) is 13.1 Å². The molecule has 8 heteroatoms. The Hall–Kier alpha value is -1.64. The standard InChI is InChI=1S/C14H21N3O4S/c1-4-17(5-2)16-14(18)12-8-11(22(15,19)20)7-10-6-9(3)21-13(10)12/h7-9H,4-6H2,1-3H3,(H,16,18)(H2,15,19,20). The molecule has 0 aromatic heterocycles. The number of sulfonamides is 1. The first kappa shape index (κ1) is 16.7. The van der Waals surface area contributed by atoms with Gasteiger partial charge in [0.05, 0.1) is 10.5 Å². The monoisotopic (exact) mass is 327 g/mol. The molecule has 0 aliphatic carbocycles. The summed E-state index contributed by atoms with van der Waals surface area (Å²) in [5, 5.41) is 6.92. The van der Waals surface area contributed by atoms with Gasteiger partial charge < -0.3 is 4.74 Å². The zero-order chi connectivity index (χ0) is 16.5. The lowest BCUT2D eigenvalue weighted by atomic mass is 10.1. The van der Waals surface area contributed by atoms with E-state index in [0.29, 0.717) is 30.8 Å². The quantitative estimate of drug-likeness (QED) is 0.773. The van der Waals surface area contributed by atoms with Gasteiger partial charge in [-0.05, 0) is 24.6 Å². The fraction of sp³-hybridized carbons (Fsp3) is 0.500. The number of hydrogen-bond acceptors (Lipinski definition) is 5. The van der Waals surface area contributed by atoms with E-state index in [9.17, 15) is 13.2 Å². The summed E-state index contributed by atoms with van der Waals surface area (Å²) >= 11 is 0. The number of ether oxygens (including phenoxy) is 1. The third-order valence-corrected chi connectivity index (χ3v) is 4.45. The molecular weight excluding hydrogens is 306 g/mol. The Morgan fingerprint density at radius 1 is 1.41 bits per heavy atom. The molecule has 0 saturated carbocycles. The smallest absolute Gasteiger partial charge is 0.269 e. The van der Waals surface area contributed by atoms with Crippen LogP contribution in [0.4, 0.5) is 0 Å². The van der Waals surface area contributed by atoms with Gasteiger partial charge in [-0.25, -0.2) is 18.6 Å². The highest BCUT2D eigenvalue weighted by Gasteiger charge is 2.28. The van der Waals surface area contributed by atoms with Crippen LogP contribution in [0.25, 0.3) is 0 Å². The molecule has 1 aliphatic rings. The fourth-order valence-electron chi connectivity index (χ4n) is 2.42. The van der Waals surface area contributed by atoms with Gasteiger partial charge in [-0.15, -0.1) is 0 Å². The van der Waals surface area contributed by atoms with E-state index in [4.69, 9.17) is 9.88 Å². The van der Waals surface area contributed by atoms with E-state index < -0.39 is 15.9 Å². The van der Waals surface area contributed by atoms with Crippen molar-refractivity contribution in [2.24, 2.45) is 5.14 Å². The molecule has 1 atom stereocenters. The highest BCUT2D eigenvalue weighted by molar-refractivity contribution is 7.89. The lowest BCUT2D eigenvalue weighted by Gasteiger charge is -2.20. The first-order chi connectivity index (χ1) is 10.3. The summed E-state index contributed by atoms with van der Waals surface area (Å²) in [5.74, 6) is 0.0316.